The molecule has 0 saturated heterocycles. The van der Waals surface area contributed by atoms with Crippen molar-refractivity contribution in [2.24, 2.45) is 0 Å². The second kappa shape index (κ2) is 9.20. The van der Waals surface area contributed by atoms with Gasteiger partial charge in [-0.1, -0.05) is 35.4 Å². The van der Waals surface area contributed by atoms with Gasteiger partial charge in [-0.05, 0) is 62.6 Å². The summed E-state index contributed by atoms with van der Waals surface area (Å²) in [6.45, 7) is 7.58. The number of nitrogens with zero attached hydrogens (tertiary/aromatic N) is 2. The van der Waals surface area contributed by atoms with Gasteiger partial charge in [0.1, 0.15) is 6.08 Å². The van der Waals surface area contributed by atoms with Gasteiger partial charge in [-0.2, -0.15) is 0 Å². The van der Waals surface area contributed by atoms with Gasteiger partial charge in [-0.25, -0.2) is 0 Å². The Morgan fingerprint density at radius 3 is 1.66 bits per heavy atom. The number of benzene rings is 2. The largest absolute Gasteiger partial charge is 0.344 e. The molecule has 0 amide bonds. The zero-order valence-electron chi connectivity index (χ0n) is 16.4. The predicted molar refractivity (Wildman–Crippen MR) is 114 cm³/mol. The monoisotopic (exact) mass is 416 g/mol. The molecule has 9 heteroatoms. The van der Waals surface area contributed by atoms with E-state index in [1.165, 1.54) is 0 Å². The Balaban J connectivity index is 2.62. The zero-order chi connectivity index (χ0) is 21.7. The van der Waals surface area contributed by atoms with E-state index >= 15 is 0 Å². The van der Waals surface area contributed by atoms with Gasteiger partial charge >= 0.3 is 10.9 Å². The fraction of sp³-hybridized carbons (Fsp3) is 0.200. The number of rotatable bonds is 7. The summed E-state index contributed by atoms with van der Waals surface area (Å²) in [6.07, 6.45) is 0.712. The molecule has 2 aromatic rings. The molecule has 0 aliphatic carbocycles. The van der Waals surface area contributed by atoms with Crippen molar-refractivity contribution in [3.63, 3.8) is 0 Å². The minimum absolute atomic E-state index is 0.0334. The second-order valence-electron chi connectivity index (χ2n) is 6.63. The van der Waals surface area contributed by atoms with Crippen molar-refractivity contribution in [2.75, 3.05) is 10.6 Å². The maximum atomic E-state index is 11.7. The van der Waals surface area contributed by atoms with E-state index < -0.39 is 20.7 Å². The van der Waals surface area contributed by atoms with Crippen molar-refractivity contribution >= 4 is 23.0 Å². The molecule has 8 nitrogen and oxygen atoms in total. The van der Waals surface area contributed by atoms with E-state index in [1.54, 1.807) is 12.1 Å². The normalized spacial score (nSPS) is 11.0. The molecule has 0 unspecified atom stereocenters. The average molecular weight is 417 g/mol. The Morgan fingerprint density at radius 1 is 0.862 bits per heavy atom. The average Bonchev–Trinajstić information content (AvgIpc) is 2.62. The van der Waals surface area contributed by atoms with Crippen molar-refractivity contribution in [3.05, 3.63) is 102 Å². The Bertz CT molecular complexity index is 976. The maximum Gasteiger partial charge on any atom is 0.344 e. The van der Waals surface area contributed by atoms with Crippen LogP contribution in [0.3, 0.4) is 0 Å². The number of hydrogen-bond acceptors (Lipinski definition) is 6. The standard InChI is InChI=1S/C20H21ClN4O4/c1-12-5-7-16(14(3)9-12)22-20(18(24(26)27)11-19(21)25(28)29)23-17-8-6-13(2)10-15(17)4/h5-11,22-23H,1-4H3/b19-11+. The first kappa shape index (κ1) is 21.9. The Morgan fingerprint density at radius 2 is 1.31 bits per heavy atom. The molecule has 0 saturated carbocycles. The molecular weight excluding hydrogens is 396 g/mol. The fourth-order valence-corrected chi connectivity index (χ4v) is 2.82. The number of allylic oxidation sites excluding steroid dienone is 1. The third-order valence-corrected chi connectivity index (χ3v) is 4.41. The number of nitrogens with one attached hydrogen (secondary N) is 2. The smallest absolute Gasteiger partial charge is 0.336 e. The van der Waals surface area contributed by atoms with Crippen LogP contribution in [0.25, 0.3) is 0 Å². The Hall–Kier alpha value is -3.39. The third-order valence-electron chi connectivity index (χ3n) is 4.17. The number of halogens is 1. The number of hydrogen-bond donors (Lipinski definition) is 2. The Kier molecular flexibility index (Phi) is 6.95. The molecule has 0 atom stereocenters. The molecule has 152 valence electrons. The molecule has 2 aromatic carbocycles. The molecular formula is C20H21ClN4O4. The van der Waals surface area contributed by atoms with Gasteiger partial charge in [0.2, 0.25) is 0 Å². The van der Waals surface area contributed by atoms with Crippen LogP contribution in [0.15, 0.2) is 59.1 Å². The van der Waals surface area contributed by atoms with E-state index in [2.05, 4.69) is 10.6 Å². The predicted octanol–water partition coefficient (Wildman–Crippen LogP) is 5.25. The topological polar surface area (TPSA) is 110 Å². The van der Waals surface area contributed by atoms with Gasteiger partial charge in [0.25, 0.3) is 0 Å². The molecule has 0 heterocycles. The van der Waals surface area contributed by atoms with Gasteiger partial charge in [0.05, 0.1) is 9.85 Å². The summed E-state index contributed by atoms with van der Waals surface area (Å²) in [5.41, 5.74) is 4.46. The summed E-state index contributed by atoms with van der Waals surface area (Å²) in [5, 5.41) is 27.7. The molecule has 0 fully saturated rings. The van der Waals surface area contributed by atoms with Crippen LogP contribution in [-0.2, 0) is 0 Å². The minimum atomic E-state index is -0.892. The highest BCUT2D eigenvalue weighted by atomic mass is 35.5. The van der Waals surface area contributed by atoms with Crippen LogP contribution >= 0.6 is 11.6 Å². The molecule has 0 radical (unpaired) electrons. The van der Waals surface area contributed by atoms with Crippen molar-refractivity contribution in [2.45, 2.75) is 27.7 Å². The van der Waals surface area contributed by atoms with Crippen LogP contribution in [0.5, 0.6) is 0 Å². The molecule has 0 aliphatic heterocycles. The number of anilines is 2. The van der Waals surface area contributed by atoms with Crippen LogP contribution in [0, 0.1) is 47.9 Å². The molecule has 0 spiro atoms. The third kappa shape index (κ3) is 5.79. The lowest BCUT2D eigenvalue weighted by molar-refractivity contribution is -0.428. The van der Waals surface area contributed by atoms with E-state index in [0.29, 0.717) is 17.5 Å². The number of aryl methyl sites for hydroxylation is 4. The summed E-state index contributed by atoms with van der Waals surface area (Å²) in [7, 11) is 0. The lowest BCUT2D eigenvalue weighted by Crippen LogP contribution is -2.17. The van der Waals surface area contributed by atoms with Gasteiger partial charge in [0, 0.05) is 11.4 Å². The summed E-state index contributed by atoms with van der Waals surface area (Å²) in [4.78, 5) is 21.0. The van der Waals surface area contributed by atoms with Crippen LogP contribution in [0.4, 0.5) is 11.4 Å². The lowest BCUT2D eigenvalue weighted by Gasteiger charge is -2.17. The summed E-state index contributed by atoms with van der Waals surface area (Å²) >= 11 is 5.58. The first-order valence-corrected chi connectivity index (χ1v) is 9.05. The van der Waals surface area contributed by atoms with E-state index in [1.807, 2.05) is 52.0 Å². The second-order valence-corrected chi connectivity index (χ2v) is 7.02. The molecule has 0 aromatic heterocycles. The maximum absolute atomic E-state index is 11.7. The van der Waals surface area contributed by atoms with Crippen molar-refractivity contribution in [3.8, 4) is 0 Å². The van der Waals surface area contributed by atoms with E-state index in [0.717, 1.165) is 22.3 Å². The molecule has 0 bridgehead atoms. The quantitative estimate of drug-likeness (QED) is 0.276. The summed E-state index contributed by atoms with van der Waals surface area (Å²) in [5.74, 6) is -0.0334. The van der Waals surface area contributed by atoms with Crippen molar-refractivity contribution < 1.29 is 9.85 Å². The number of nitro groups is 2. The zero-order valence-corrected chi connectivity index (χ0v) is 17.2. The van der Waals surface area contributed by atoms with Gasteiger partial charge < -0.3 is 10.6 Å². The van der Waals surface area contributed by atoms with Crippen LogP contribution in [-0.4, -0.2) is 9.85 Å². The van der Waals surface area contributed by atoms with Crippen LogP contribution in [0.2, 0.25) is 0 Å². The van der Waals surface area contributed by atoms with E-state index in [9.17, 15) is 20.2 Å². The fourth-order valence-electron chi connectivity index (χ4n) is 2.72. The molecule has 2 rings (SSSR count). The van der Waals surface area contributed by atoms with Gasteiger partial charge in [-0.3, -0.25) is 20.2 Å². The van der Waals surface area contributed by atoms with Crippen LogP contribution < -0.4 is 10.6 Å². The van der Waals surface area contributed by atoms with Gasteiger partial charge in [-0.15, -0.1) is 0 Å². The molecule has 0 aliphatic rings. The first-order chi connectivity index (χ1) is 13.6. The summed E-state index contributed by atoms with van der Waals surface area (Å²) in [6, 6.07) is 11.1. The van der Waals surface area contributed by atoms with Gasteiger partial charge in [0.15, 0.2) is 5.82 Å². The highest BCUT2D eigenvalue weighted by Gasteiger charge is 2.23. The lowest BCUT2D eigenvalue weighted by atomic mass is 10.1. The highest BCUT2D eigenvalue weighted by Crippen LogP contribution is 2.24. The molecule has 2 N–H and O–H groups in total. The SMILES string of the molecule is Cc1ccc(NC(Nc2ccc(C)cc2C)=C(/C=C(\Cl)[N+](=O)[O-])[N+](=O)[O-])c(C)c1. The van der Waals surface area contributed by atoms with E-state index in [4.69, 9.17) is 11.6 Å². The van der Waals surface area contributed by atoms with Crippen molar-refractivity contribution in [1.82, 2.24) is 0 Å². The summed E-state index contributed by atoms with van der Waals surface area (Å²) < 4.78 is 0. The molecule has 29 heavy (non-hydrogen) atoms. The minimum Gasteiger partial charge on any atom is -0.336 e. The van der Waals surface area contributed by atoms with E-state index in [-0.39, 0.29) is 5.82 Å². The first-order valence-electron chi connectivity index (χ1n) is 8.67. The van der Waals surface area contributed by atoms with Crippen molar-refractivity contribution in [1.29, 1.82) is 0 Å². The highest BCUT2D eigenvalue weighted by molar-refractivity contribution is 6.28. The van der Waals surface area contributed by atoms with Crippen LogP contribution in [0.1, 0.15) is 22.3 Å². The Labute approximate surface area is 173 Å².